The van der Waals surface area contributed by atoms with Gasteiger partial charge in [-0.3, -0.25) is 4.90 Å². The van der Waals surface area contributed by atoms with E-state index in [1.807, 2.05) is 11.8 Å². The summed E-state index contributed by atoms with van der Waals surface area (Å²) in [4.78, 5) is 3.66. The number of sulfonamides is 1. The van der Waals surface area contributed by atoms with Crippen LogP contribution in [0, 0.1) is 11.6 Å². The van der Waals surface area contributed by atoms with Crippen molar-refractivity contribution in [3.63, 3.8) is 0 Å². The topological polar surface area (TPSA) is 53.1 Å². The van der Waals surface area contributed by atoms with Gasteiger partial charge in [0.1, 0.15) is 6.10 Å². The zero-order chi connectivity index (χ0) is 25.5. The maximum absolute atomic E-state index is 14.7. The molecule has 0 spiro atoms. The first-order chi connectivity index (χ1) is 16.3. The second-order valence-electron chi connectivity index (χ2n) is 8.88. The highest BCUT2D eigenvalue weighted by molar-refractivity contribution is 7.88. The molecule has 2 aromatic carbocycles. The lowest BCUT2D eigenvalue weighted by molar-refractivity contribution is -0.137. The van der Waals surface area contributed by atoms with Gasteiger partial charge in [0, 0.05) is 63.1 Å². The van der Waals surface area contributed by atoms with Crippen molar-refractivity contribution >= 4 is 15.7 Å². The van der Waals surface area contributed by atoms with Gasteiger partial charge in [0.05, 0.1) is 11.8 Å². The monoisotopic (exact) mass is 519 g/mol. The average molecular weight is 520 g/mol. The molecule has 0 amide bonds. The third-order valence-electron chi connectivity index (χ3n) is 6.48. The van der Waals surface area contributed by atoms with Gasteiger partial charge in [-0.25, -0.2) is 17.2 Å². The van der Waals surface area contributed by atoms with Crippen molar-refractivity contribution in [3.05, 3.63) is 59.2 Å². The first kappa shape index (κ1) is 25.6. The fourth-order valence-corrected chi connectivity index (χ4v) is 5.13. The summed E-state index contributed by atoms with van der Waals surface area (Å²) in [6, 6.07) is 7.09. The molecule has 35 heavy (non-hydrogen) atoms. The summed E-state index contributed by atoms with van der Waals surface area (Å²) in [5, 5.41) is 0. The number of hydrogen-bond acceptors (Lipinski definition) is 5. The van der Waals surface area contributed by atoms with Crippen molar-refractivity contribution in [3.8, 4) is 5.75 Å². The molecule has 0 aromatic heterocycles. The number of benzene rings is 2. The molecule has 0 bridgehead atoms. The van der Waals surface area contributed by atoms with Crippen LogP contribution in [0.1, 0.15) is 24.1 Å². The summed E-state index contributed by atoms with van der Waals surface area (Å²) in [5.41, 5.74) is 0.297. The molecule has 2 heterocycles. The molecule has 4 rings (SSSR count). The molecule has 0 saturated carbocycles. The Labute approximate surface area is 200 Å². The molecule has 1 atom stereocenters. The Kier molecular flexibility index (Phi) is 7.00. The molecule has 2 aromatic rings. The van der Waals surface area contributed by atoms with E-state index in [4.69, 9.17) is 4.74 Å². The van der Waals surface area contributed by atoms with Gasteiger partial charge in [-0.15, -0.1) is 0 Å². The zero-order valence-corrected chi connectivity index (χ0v) is 20.0. The first-order valence-electron chi connectivity index (χ1n) is 11.1. The highest BCUT2D eigenvalue weighted by Gasteiger charge is 2.35. The van der Waals surface area contributed by atoms with E-state index in [9.17, 15) is 30.4 Å². The van der Waals surface area contributed by atoms with E-state index in [0.717, 1.165) is 18.4 Å². The highest BCUT2D eigenvalue weighted by Crippen LogP contribution is 2.34. The maximum atomic E-state index is 14.7. The second-order valence-corrected chi connectivity index (χ2v) is 10.9. The predicted molar refractivity (Wildman–Crippen MR) is 121 cm³/mol. The van der Waals surface area contributed by atoms with Crippen LogP contribution in [0.2, 0.25) is 0 Å². The van der Waals surface area contributed by atoms with Crippen LogP contribution in [-0.4, -0.2) is 69.3 Å². The van der Waals surface area contributed by atoms with Gasteiger partial charge >= 0.3 is 6.18 Å². The maximum Gasteiger partial charge on any atom is 0.416 e. The lowest BCUT2D eigenvalue weighted by Gasteiger charge is -2.43. The van der Waals surface area contributed by atoms with Crippen molar-refractivity contribution in [2.75, 3.05) is 50.4 Å². The molecule has 192 valence electrons. The number of ether oxygens (including phenoxy) is 1. The summed E-state index contributed by atoms with van der Waals surface area (Å²) in [6.45, 7) is 3.67. The molecule has 2 aliphatic heterocycles. The van der Waals surface area contributed by atoms with Crippen LogP contribution >= 0.6 is 0 Å². The summed E-state index contributed by atoms with van der Waals surface area (Å²) < 4.78 is 97.8. The highest BCUT2D eigenvalue weighted by atomic mass is 32.2. The molecule has 0 N–H and O–H groups in total. The Morgan fingerprint density at radius 3 is 2.00 bits per heavy atom. The molecule has 1 unspecified atom stereocenters. The van der Waals surface area contributed by atoms with Gasteiger partial charge in [0.2, 0.25) is 10.0 Å². The van der Waals surface area contributed by atoms with E-state index in [1.54, 1.807) is 4.90 Å². The Morgan fingerprint density at radius 1 is 0.971 bits per heavy atom. The molecule has 0 aliphatic carbocycles. The van der Waals surface area contributed by atoms with E-state index in [1.165, 1.54) is 28.6 Å². The average Bonchev–Trinajstić information content (AvgIpc) is 2.76. The van der Waals surface area contributed by atoms with E-state index < -0.39 is 45.3 Å². The number of anilines is 1. The van der Waals surface area contributed by atoms with Crippen molar-refractivity contribution < 1.29 is 35.1 Å². The Morgan fingerprint density at radius 2 is 1.51 bits per heavy atom. The van der Waals surface area contributed by atoms with Crippen LogP contribution in [0.4, 0.5) is 27.6 Å². The van der Waals surface area contributed by atoms with Crippen LogP contribution in [0.15, 0.2) is 36.4 Å². The normalized spacial score (nSPS) is 19.5. The fraction of sp³-hybridized carbons (Fsp3) is 0.478. The lowest BCUT2D eigenvalue weighted by Crippen LogP contribution is -2.54. The van der Waals surface area contributed by atoms with Gasteiger partial charge in [-0.05, 0) is 24.6 Å². The molecule has 2 saturated heterocycles. The summed E-state index contributed by atoms with van der Waals surface area (Å²) in [7, 11) is -3.31. The summed E-state index contributed by atoms with van der Waals surface area (Å²) >= 11 is 0. The van der Waals surface area contributed by atoms with E-state index in [0.29, 0.717) is 37.4 Å². The SMILES string of the molecule is CC(c1ccc(C(F)(F)F)cc1)N1CC(Oc2c(F)cc(N3CCN(S(C)(=O)=O)CC3)cc2F)C1. The first-order valence-corrected chi connectivity index (χ1v) is 12.9. The minimum atomic E-state index is -4.40. The van der Waals surface area contributed by atoms with Gasteiger partial charge in [-0.2, -0.15) is 17.5 Å². The minimum absolute atomic E-state index is 0.181. The molecule has 0 radical (unpaired) electrons. The van der Waals surface area contributed by atoms with Crippen molar-refractivity contribution in [1.82, 2.24) is 9.21 Å². The Bertz CT molecular complexity index is 1140. The van der Waals surface area contributed by atoms with Crippen LogP contribution in [0.3, 0.4) is 0 Å². The van der Waals surface area contributed by atoms with E-state index in [2.05, 4.69) is 0 Å². The quantitative estimate of drug-likeness (QED) is 0.543. The minimum Gasteiger partial charge on any atom is -0.482 e. The van der Waals surface area contributed by atoms with Crippen molar-refractivity contribution in [2.24, 2.45) is 0 Å². The summed E-state index contributed by atoms with van der Waals surface area (Å²) in [5.74, 6) is -2.17. The molecular weight excluding hydrogens is 493 g/mol. The van der Waals surface area contributed by atoms with Crippen LogP contribution in [0.25, 0.3) is 0 Å². The zero-order valence-electron chi connectivity index (χ0n) is 19.2. The third-order valence-corrected chi connectivity index (χ3v) is 7.79. The number of piperazine rings is 1. The van der Waals surface area contributed by atoms with Crippen molar-refractivity contribution in [2.45, 2.75) is 25.2 Å². The smallest absolute Gasteiger partial charge is 0.416 e. The third kappa shape index (κ3) is 5.70. The van der Waals surface area contributed by atoms with Crippen LogP contribution in [0.5, 0.6) is 5.75 Å². The predicted octanol–water partition coefficient (Wildman–Crippen LogP) is 3.89. The number of nitrogens with zero attached hydrogens (tertiary/aromatic N) is 3. The molecule has 6 nitrogen and oxygen atoms in total. The molecular formula is C23H26F5N3O3S. The van der Waals surface area contributed by atoms with E-state index >= 15 is 0 Å². The molecule has 2 aliphatic rings. The molecule has 2 fully saturated rings. The van der Waals surface area contributed by atoms with E-state index in [-0.39, 0.29) is 19.1 Å². The summed E-state index contributed by atoms with van der Waals surface area (Å²) in [6.07, 6.45) is -3.73. The number of hydrogen-bond donors (Lipinski definition) is 0. The molecule has 12 heteroatoms. The number of alkyl halides is 3. The van der Waals surface area contributed by atoms with Gasteiger partial charge in [0.25, 0.3) is 0 Å². The standard InChI is InChI=1S/C23H26F5N3O3S/c1-15(16-3-5-17(6-4-16)23(26,27)28)30-13-19(14-30)34-22-20(24)11-18(12-21(22)25)29-7-9-31(10-8-29)35(2,32)33/h3-6,11-12,15,19H,7-10,13-14H2,1-2H3. The largest absolute Gasteiger partial charge is 0.482 e. The Balaban J connectivity index is 1.34. The number of likely N-dealkylation sites (tertiary alicyclic amines) is 1. The number of rotatable bonds is 6. The fourth-order valence-electron chi connectivity index (χ4n) is 4.31. The lowest BCUT2D eigenvalue weighted by atomic mass is 10.0. The van der Waals surface area contributed by atoms with Crippen LogP contribution < -0.4 is 9.64 Å². The van der Waals surface area contributed by atoms with Crippen molar-refractivity contribution in [1.29, 1.82) is 0 Å². The van der Waals surface area contributed by atoms with Gasteiger partial charge < -0.3 is 9.64 Å². The second kappa shape index (κ2) is 9.55. The van der Waals surface area contributed by atoms with Crippen LogP contribution in [-0.2, 0) is 16.2 Å². The number of halogens is 5. The Hall–Kier alpha value is -2.44. The van der Waals surface area contributed by atoms with Gasteiger partial charge in [0.15, 0.2) is 17.4 Å². The van der Waals surface area contributed by atoms with Gasteiger partial charge in [-0.1, -0.05) is 12.1 Å².